The Morgan fingerprint density at radius 3 is 2.86 bits per heavy atom. The monoisotopic (exact) mass is 423 g/mol. The molecule has 1 amide bonds. The summed E-state index contributed by atoms with van der Waals surface area (Å²) in [6, 6.07) is 11.4. The Hall–Kier alpha value is -2.77. The minimum Gasteiger partial charge on any atom is -0.374 e. The fourth-order valence-corrected chi connectivity index (χ4v) is 5.33. The van der Waals surface area contributed by atoms with Crippen LogP contribution in [-0.2, 0) is 4.79 Å². The zero-order valence-corrected chi connectivity index (χ0v) is 17.1. The van der Waals surface area contributed by atoms with E-state index < -0.39 is 0 Å². The summed E-state index contributed by atoms with van der Waals surface area (Å²) in [4.78, 5) is 19.6. The lowest BCUT2D eigenvalue weighted by atomic mass is 9.95. The smallest absolute Gasteiger partial charge is 0.241 e. The maximum Gasteiger partial charge on any atom is 0.241 e. The molecular formula is C21H18ClN5OS. The minimum atomic E-state index is -0.335. The Labute approximate surface area is 177 Å². The normalized spacial score (nSPS) is 22.3. The molecule has 0 bridgehead atoms. The number of carbonyl (C=O) groups excluding carboxylic acids is 1. The zero-order chi connectivity index (χ0) is 20.0. The van der Waals surface area contributed by atoms with Gasteiger partial charge in [0.05, 0.1) is 23.8 Å². The molecule has 29 heavy (non-hydrogen) atoms. The number of fused-ring (bicyclic) bond motifs is 2. The van der Waals surface area contributed by atoms with E-state index in [4.69, 9.17) is 11.6 Å². The van der Waals surface area contributed by atoms with Gasteiger partial charge in [0.25, 0.3) is 0 Å². The third-order valence-electron chi connectivity index (χ3n) is 5.17. The Bertz CT molecular complexity index is 1140. The number of amides is 1. The van der Waals surface area contributed by atoms with E-state index >= 15 is 0 Å². The van der Waals surface area contributed by atoms with Crippen molar-refractivity contribution in [1.29, 1.82) is 0 Å². The highest BCUT2D eigenvalue weighted by Gasteiger charge is 2.43. The molecule has 6 nitrogen and oxygen atoms in total. The molecule has 0 fully saturated rings. The summed E-state index contributed by atoms with van der Waals surface area (Å²) in [5.74, 6) is -0.336. The summed E-state index contributed by atoms with van der Waals surface area (Å²) in [7, 11) is 0. The number of nitrogens with one attached hydrogen (secondary N) is 1. The Balaban J connectivity index is 1.54. The summed E-state index contributed by atoms with van der Waals surface area (Å²) in [6.07, 6.45) is 7.40. The van der Waals surface area contributed by atoms with Crippen molar-refractivity contribution < 1.29 is 4.79 Å². The average molecular weight is 424 g/mol. The maximum atomic E-state index is 13.4. The van der Waals surface area contributed by atoms with Gasteiger partial charge in [0, 0.05) is 34.1 Å². The van der Waals surface area contributed by atoms with Gasteiger partial charge in [-0.05, 0) is 36.6 Å². The number of hydrogen-bond donors (Lipinski definition) is 1. The third kappa shape index (κ3) is 3.10. The van der Waals surface area contributed by atoms with E-state index in [0.29, 0.717) is 5.03 Å². The van der Waals surface area contributed by atoms with Crippen molar-refractivity contribution in [2.45, 2.75) is 18.2 Å². The van der Waals surface area contributed by atoms with E-state index in [0.717, 1.165) is 22.7 Å². The quantitative estimate of drug-likeness (QED) is 0.678. The van der Waals surface area contributed by atoms with Crippen LogP contribution in [0.15, 0.2) is 77.2 Å². The number of para-hydroxylation sites is 1. The predicted molar refractivity (Wildman–Crippen MR) is 117 cm³/mol. The van der Waals surface area contributed by atoms with E-state index in [1.807, 2.05) is 48.7 Å². The fraction of sp³-hybridized carbons (Fsp3) is 0.190. The van der Waals surface area contributed by atoms with E-state index in [-0.39, 0.29) is 23.1 Å². The van der Waals surface area contributed by atoms with Gasteiger partial charge in [0.1, 0.15) is 0 Å². The summed E-state index contributed by atoms with van der Waals surface area (Å²) in [5, 5.41) is 10.3. The highest BCUT2D eigenvalue weighted by Crippen LogP contribution is 2.45. The van der Waals surface area contributed by atoms with E-state index in [9.17, 15) is 4.79 Å². The number of aromatic nitrogens is 3. The maximum absolute atomic E-state index is 13.4. The molecule has 3 aromatic rings. The van der Waals surface area contributed by atoms with Crippen LogP contribution in [0.1, 0.15) is 6.92 Å². The van der Waals surface area contributed by atoms with Crippen LogP contribution in [0.2, 0.25) is 0 Å². The van der Waals surface area contributed by atoms with Crippen LogP contribution in [0, 0.1) is 5.92 Å². The largest absolute Gasteiger partial charge is 0.374 e. The number of thioether (sulfide) groups is 1. The Kier molecular flexibility index (Phi) is 4.56. The molecule has 2 aliphatic rings. The number of benzene rings is 1. The molecule has 0 saturated carbocycles. The van der Waals surface area contributed by atoms with Gasteiger partial charge in [-0.1, -0.05) is 29.8 Å². The number of carbonyl (C=O) groups is 1. The number of hydrogen-bond acceptors (Lipinski definition) is 5. The molecule has 0 saturated heterocycles. The Morgan fingerprint density at radius 1 is 1.21 bits per heavy atom. The molecule has 1 aromatic carbocycles. The molecule has 0 spiro atoms. The van der Waals surface area contributed by atoms with Crippen LogP contribution < -0.4 is 10.2 Å². The highest BCUT2D eigenvalue weighted by molar-refractivity contribution is 8.03. The van der Waals surface area contributed by atoms with Gasteiger partial charge >= 0.3 is 0 Å². The first-order valence-electron chi connectivity index (χ1n) is 9.30. The molecule has 3 atom stereocenters. The van der Waals surface area contributed by atoms with Gasteiger partial charge in [-0.2, -0.15) is 5.10 Å². The van der Waals surface area contributed by atoms with Crippen LogP contribution in [0.25, 0.3) is 5.65 Å². The molecule has 0 aliphatic carbocycles. The molecule has 0 radical (unpaired) electrons. The van der Waals surface area contributed by atoms with E-state index in [2.05, 4.69) is 21.5 Å². The first-order valence-corrected chi connectivity index (χ1v) is 10.6. The zero-order valence-electron chi connectivity index (χ0n) is 15.6. The van der Waals surface area contributed by atoms with Crippen molar-refractivity contribution >= 4 is 46.3 Å². The molecule has 5 rings (SSSR count). The highest BCUT2D eigenvalue weighted by atomic mass is 35.5. The summed E-state index contributed by atoms with van der Waals surface area (Å²) < 4.78 is 1.72. The van der Waals surface area contributed by atoms with Crippen LogP contribution >= 0.6 is 23.4 Å². The molecule has 146 valence electrons. The van der Waals surface area contributed by atoms with Gasteiger partial charge in [-0.15, -0.1) is 11.8 Å². The van der Waals surface area contributed by atoms with Crippen LogP contribution in [0.3, 0.4) is 0 Å². The van der Waals surface area contributed by atoms with Gasteiger partial charge in [-0.3, -0.25) is 9.69 Å². The van der Waals surface area contributed by atoms with E-state index in [1.54, 1.807) is 39.8 Å². The number of imidazole rings is 1. The second-order valence-corrected chi connectivity index (χ2v) is 8.48. The number of halogens is 1. The van der Waals surface area contributed by atoms with Gasteiger partial charge in [0.15, 0.2) is 5.65 Å². The second-order valence-electron chi connectivity index (χ2n) is 6.99. The van der Waals surface area contributed by atoms with E-state index in [1.165, 1.54) is 0 Å². The second kappa shape index (κ2) is 7.24. The van der Waals surface area contributed by atoms with Gasteiger partial charge < -0.3 is 5.32 Å². The number of nitrogens with zero attached hydrogens (tertiary/aromatic N) is 4. The first-order chi connectivity index (χ1) is 14.1. The average Bonchev–Trinajstić information content (AvgIpc) is 3.36. The lowest BCUT2D eigenvalue weighted by Gasteiger charge is -2.37. The molecule has 8 heteroatoms. The standard InChI is InChI=1S/C21H18ClN5OS/c1-13(25-16-7-8-24-26-10-9-23-20(16)26)17-11-18-19(15(22)12-29-18)21(28)27(17)14-5-3-2-4-6-14/h2-13,18-19,25H,1H3/t13-,18?,19?/m0/s1. The molecular weight excluding hydrogens is 406 g/mol. The van der Waals surface area contributed by atoms with Crippen LogP contribution in [0.4, 0.5) is 11.4 Å². The van der Waals surface area contributed by atoms with Crippen molar-refractivity contribution in [2.24, 2.45) is 5.92 Å². The van der Waals surface area contributed by atoms with Crippen molar-refractivity contribution in [3.8, 4) is 0 Å². The van der Waals surface area contributed by atoms with Crippen molar-refractivity contribution in [2.75, 3.05) is 10.2 Å². The topological polar surface area (TPSA) is 62.5 Å². The van der Waals surface area contributed by atoms with Crippen molar-refractivity contribution in [3.05, 3.63) is 77.2 Å². The number of anilines is 2. The molecule has 2 aliphatic heterocycles. The third-order valence-corrected chi connectivity index (χ3v) is 6.75. The first kappa shape index (κ1) is 18.3. The fourth-order valence-electron chi connectivity index (χ4n) is 3.80. The lowest BCUT2D eigenvalue weighted by molar-refractivity contribution is -0.120. The minimum absolute atomic E-state index is 0.000661. The number of rotatable bonds is 4. The summed E-state index contributed by atoms with van der Waals surface area (Å²) in [6.45, 7) is 2.05. The molecule has 2 aromatic heterocycles. The molecule has 1 N–H and O–H groups in total. The Morgan fingerprint density at radius 2 is 2.03 bits per heavy atom. The molecule has 2 unspecified atom stereocenters. The van der Waals surface area contributed by atoms with Gasteiger partial charge in [0.2, 0.25) is 5.91 Å². The van der Waals surface area contributed by atoms with Crippen LogP contribution in [0.5, 0.6) is 0 Å². The SMILES string of the molecule is C[C@H](Nc1ccnn2ccnc12)C1=CC2SC=C(Cl)C2C(=O)N1c1ccccc1. The van der Waals surface area contributed by atoms with Crippen molar-refractivity contribution in [1.82, 2.24) is 14.6 Å². The molecule has 4 heterocycles. The summed E-state index contributed by atoms with van der Waals surface area (Å²) >= 11 is 7.97. The van der Waals surface area contributed by atoms with Gasteiger partial charge in [-0.25, -0.2) is 9.50 Å². The lowest BCUT2D eigenvalue weighted by Crippen LogP contribution is -2.46. The van der Waals surface area contributed by atoms with Crippen molar-refractivity contribution in [3.63, 3.8) is 0 Å². The van der Waals surface area contributed by atoms with Crippen LogP contribution in [-0.4, -0.2) is 31.8 Å². The predicted octanol–water partition coefficient (Wildman–Crippen LogP) is 4.27. The summed E-state index contributed by atoms with van der Waals surface area (Å²) in [5.41, 5.74) is 3.33.